The second-order valence-corrected chi connectivity index (χ2v) is 8.28. The van der Waals surface area contributed by atoms with E-state index in [0.717, 1.165) is 11.3 Å². The molecule has 9 nitrogen and oxygen atoms in total. The number of hydrogen-bond acceptors (Lipinski definition) is 6. The minimum atomic E-state index is -3.72. The van der Waals surface area contributed by atoms with Gasteiger partial charge in [0.25, 0.3) is 10.0 Å². The highest BCUT2D eigenvalue weighted by molar-refractivity contribution is 7.91. The number of carbonyl (C=O) groups is 2. The number of sulfonamides is 1. The molecule has 0 saturated carbocycles. The predicted molar refractivity (Wildman–Crippen MR) is 87.3 cm³/mol. The Hall–Kier alpha value is -2.24. The average molecular weight is 372 g/mol. The molecular formula is C13H16N4O5S2. The summed E-state index contributed by atoms with van der Waals surface area (Å²) in [5.41, 5.74) is -1.01. The highest BCUT2D eigenvalue weighted by atomic mass is 32.2. The molecule has 0 fully saturated rings. The summed E-state index contributed by atoms with van der Waals surface area (Å²) >= 11 is 1.04. The Kier molecular flexibility index (Phi) is 5.06. The predicted octanol–water partition coefficient (Wildman–Crippen LogP) is 0.681. The summed E-state index contributed by atoms with van der Waals surface area (Å²) < 4.78 is 27.3. The summed E-state index contributed by atoms with van der Waals surface area (Å²) in [5.74, 6) is -1.67. The first kappa shape index (κ1) is 18.1. The van der Waals surface area contributed by atoms with E-state index in [9.17, 15) is 18.0 Å². The first-order valence-corrected chi connectivity index (χ1v) is 9.11. The van der Waals surface area contributed by atoms with Crippen molar-refractivity contribution < 1.29 is 23.1 Å². The number of thiophene rings is 1. The van der Waals surface area contributed by atoms with Crippen LogP contribution in [-0.4, -0.2) is 41.7 Å². The smallest absolute Gasteiger partial charge is 0.331 e. The number of carboxylic acids is 1. The topological polar surface area (TPSA) is 130 Å². The van der Waals surface area contributed by atoms with Gasteiger partial charge in [-0.2, -0.15) is 5.10 Å². The van der Waals surface area contributed by atoms with Gasteiger partial charge in [-0.3, -0.25) is 9.48 Å². The third-order valence-electron chi connectivity index (χ3n) is 3.15. The van der Waals surface area contributed by atoms with Crippen molar-refractivity contribution in [3.8, 4) is 0 Å². The van der Waals surface area contributed by atoms with Crippen LogP contribution in [-0.2, 0) is 25.2 Å². The number of amides is 1. The normalized spacial score (nSPS) is 12.1. The Bertz CT molecular complexity index is 840. The highest BCUT2D eigenvalue weighted by Gasteiger charge is 2.30. The lowest BCUT2D eigenvalue weighted by atomic mass is 10.1. The number of rotatable bonds is 7. The third kappa shape index (κ3) is 3.99. The molecule has 130 valence electrons. The Morgan fingerprint density at radius 3 is 2.71 bits per heavy atom. The van der Waals surface area contributed by atoms with Gasteiger partial charge < -0.3 is 10.4 Å². The van der Waals surface area contributed by atoms with E-state index in [2.05, 4.69) is 15.1 Å². The number of nitrogens with one attached hydrogen (secondary N) is 2. The van der Waals surface area contributed by atoms with Crippen molar-refractivity contribution in [2.75, 3.05) is 11.9 Å². The molecule has 2 aromatic rings. The number of aromatic nitrogens is 2. The Morgan fingerprint density at radius 1 is 1.42 bits per heavy atom. The lowest BCUT2D eigenvalue weighted by Gasteiger charge is -2.19. The molecule has 0 unspecified atom stereocenters. The molecule has 2 aromatic heterocycles. The fourth-order valence-corrected chi connectivity index (χ4v) is 3.66. The molecule has 0 aliphatic rings. The van der Waals surface area contributed by atoms with Crippen molar-refractivity contribution >= 4 is 38.9 Å². The van der Waals surface area contributed by atoms with Crippen LogP contribution in [0, 0.1) is 0 Å². The van der Waals surface area contributed by atoms with E-state index < -0.39 is 34.0 Å². The maximum atomic E-state index is 11.9. The van der Waals surface area contributed by atoms with Gasteiger partial charge in [-0.25, -0.2) is 17.9 Å². The number of aliphatic carboxylic acids is 1. The number of hydrogen-bond donors (Lipinski definition) is 3. The van der Waals surface area contributed by atoms with Gasteiger partial charge in [0, 0.05) is 6.20 Å². The maximum Gasteiger partial charge on any atom is 0.331 e. The Balaban J connectivity index is 1.96. The second kappa shape index (κ2) is 6.71. The molecule has 2 rings (SSSR count). The van der Waals surface area contributed by atoms with E-state index in [1.54, 1.807) is 11.4 Å². The van der Waals surface area contributed by atoms with E-state index in [0.29, 0.717) is 0 Å². The number of carbonyl (C=O) groups excluding carboxylic acids is 1. The van der Waals surface area contributed by atoms with Crippen LogP contribution in [0.3, 0.4) is 0 Å². The van der Waals surface area contributed by atoms with E-state index in [-0.39, 0.29) is 9.90 Å². The molecule has 0 spiro atoms. The Labute approximate surface area is 142 Å². The quantitative estimate of drug-likeness (QED) is 0.655. The fraction of sp³-hybridized carbons (Fsp3) is 0.308. The van der Waals surface area contributed by atoms with Crippen molar-refractivity contribution in [3.05, 3.63) is 29.9 Å². The van der Waals surface area contributed by atoms with Crippen LogP contribution >= 0.6 is 11.3 Å². The van der Waals surface area contributed by atoms with Crippen LogP contribution in [0.1, 0.15) is 13.8 Å². The summed E-state index contributed by atoms with van der Waals surface area (Å²) in [6.45, 7) is 2.47. The molecular weight excluding hydrogens is 356 g/mol. The summed E-state index contributed by atoms with van der Waals surface area (Å²) in [7, 11) is -3.72. The highest BCUT2D eigenvalue weighted by Crippen LogP contribution is 2.17. The molecule has 2 heterocycles. The molecule has 0 bridgehead atoms. The van der Waals surface area contributed by atoms with E-state index in [4.69, 9.17) is 5.11 Å². The monoisotopic (exact) mass is 372 g/mol. The van der Waals surface area contributed by atoms with Crippen LogP contribution in [0.4, 0.5) is 5.69 Å². The minimum Gasteiger partial charge on any atom is -0.479 e. The number of nitrogens with zero attached hydrogens (tertiary/aromatic N) is 2. The van der Waals surface area contributed by atoms with Gasteiger partial charge in [-0.15, -0.1) is 11.3 Å². The van der Waals surface area contributed by atoms with Crippen LogP contribution in [0.5, 0.6) is 0 Å². The van der Waals surface area contributed by atoms with Gasteiger partial charge in [-0.1, -0.05) is 6.07 Å². The van der Waals surface area contributed by atoms with Gasteiger partial charge >= 0.3 is 5.97 Å². The second-order valence-electron chi connectivity index (χ2n) is 5.34. The average Bonchev–Trinajstić information content (AvgIpc) is 3.17. The maximum absolute atomic E-state index is 11.9. The van der Waals surface area contributed by atoms with Gasteiger partial charge in [0.2, 0.25) is 5.91 Å². The largest absolute Gasteiger partial charge is 0.479 e. The van der Waals surface area contributed by atoms with Crippen LogP contribution in [0.15, 0.2) is 34.1 Å². The summed E-state index contributed by atoms with van der Waals surface area (Å²) in [6, 6.07) is 3.03. The molecule has 24 heavy (non-hydrogen) atoms. The lowest BCUT2D eigenvalue weighted by molar-refractivity contribution is -0.146. The van der Waals surface area contributed by atoms with Crippen molar-refractivity contribution in [2.45, 2.75) is 23.6 Å². The third-order valence-corrected chi connectivity index (χ3v) is 5.94. The lowest BCUT2D eigenvalue weighted by Crippen LogP contribution is -2.36. The minimum absolute atomic E-state index is 0.117. The SMILES string of the molecule is CC(C)(C(=O)O)n1cc(NC(=O)CNS(=O)(=O)c2cccs2)cn1. The molecule has 0 saturated heterocycles. The van der Waals surface area contributed by atoms with Gasteiger partial charge in [0.1, 0.15) is 4.21 Å². The van der Waals surface area contributed by atoms with E-state index in [1.165, 1.54) is 37.0 Å². The zero-order valence-corrected chi connectivity index (χ0v) is 14.5. The summed E-state index contributed by atoms with van der Waals surface area (Å²) in [4.78, 5) is 23.0. The molecule has 0 aliphatic heterocycles. The Morgan fingerprint density at radius 2 is 2.12 bits per heavy atom. The fourth-order valence-electron chi connectivity index (χ4n) is 1.64. The van der Waals surface area contributed by atoms with E-state index >= 15 is 0 Å². The van der Waals surface area contributed by atoms with Crippen LogP contribution in [0.2, 0.25) is 0 Å². The molecule has 0 aliphatic carbocycles. The molecule has 0 radical (unpaired) electrons. The van der Waals surface area contributed by atoms with Crippen LogP contribution in [0.25, 0.3) is 0 Å². The van der Waals surface area contributed by atoms with Crippen LogP contribution < -0.4 is 10.0 Å². The molecule has 0 atom stereocenters. The molecule has 1 amide bonds. The van der Waals surface area contributed by atoms with E-state index in [1.807, 2.05) is 0 Å². The summed E-state index contributed by atoms with van der Waals surface area (Å²) in [5, 5.41) is 17.1. The molecule has 0 aromatic carbocycles. The van der Waals surface area contributed by atoms with Crippen molar-refractivity contribution in [1.82, 2.24) is 14.5 Å². The van der Waals surface area contributed by atoms with Gasteiger partial charge in [-0.05, 0) is 25.3 Å². The number of carboxylic acid groups (broad SMARTS) is 1. The first-order chi connectivity index (χ1) is 11.1. The molecule has 3 N–H and O–H groups in total. The summed E-state index contributed by atoms with van der Waals surface area (Å²) in [6.07, 6.45) is 2.65. The first-order valence-electron chi connectivity index (χ1n) is 6.74. The van der Waals surface area contributed by atoms with Gasteiger partial charge in [0.05, 0.1) is 18.4 Å². The number of anilines is 1. The van der Waals surface area contributed by atoms with Crippen molar-refractivity contribution in [1.29, 1.82) is 0 Å². The van der Waals surface area contributed by atoms with Gasteiger partial charge in [0.15, 0.2) is 5.54 Å². The standard InChI is InChI=1S/C13H16N4O5S2/c1-13(2,12(19)20)17-8-9(6-14-17)16-10(18)7-15-24(21,22)11-4-3-5-23-11/h3-6,8,15H,7H2,1-2H3,(H,16,18)(H,19,20). The van der Waals surface area contributed by atoms with Crippen molar-refractivity contribution in [3.63, 3.8) is 0 Å². The zero-order chi connectivity index (χ0) is 18.0. The van der Waals surface area contributed by atoms with Crippen molar-refractivity contribution in [2.24, 2.45) is 0 Å². The zero-order valence-electron chi connectivity index (χ0n) is 12.9. The molecule has 11 heteroatoms.